The summed E-state index contributed by atoms with van der Waals surface area (Å²) in [4.78, 5) is 16.1. The van der Waals surface area contributed by atoms with Crippen molar-refractivity contribution in [1.82, 2.24) is 4.90 Å². The van der Waals surface area contributed by atoms with Crippen LogP contribution in [0.15, 0.2) is 46.9 Å². The van der Waals surface area contributed by atoms with Gasteiger partial charge in [0.1, 0.15) is 17.1 Å². The molecule has 0 unspecified atom stereocenters. The van der Waals surface area contributed by atoms with Crippen molar-refractivity contribution in [3.8, 4) is 5.75 Å². The van der Waals surface area contributed by atoms with E-state index >= 15 is 0 Å². The van der Waals surface area contributed by atoms with E-state index in [1.807, 2.05) is 19.1 Å². The molecule has 1 aromatic heterocycles. The van der Waals surface area contributed by atoms with Crippen molar-refractivity contribution in [3.05, 3.63) is 59.4 Å². The number of sulfonamides is 1. The zero-order chi connectivity index (χ0) is 27.5. The van der Waals surface area contributed by atoms with Crippen LogP contribution < -0.4 is 9.46 Å². The number of fused-ring (bicyclic) bond motifs is 1. The minimum absolute atomic E-state index is 0.155. The molecular weight excluding hydrogens is 500 g/mol. The Morgan fingerprint density at radius 3 is 2.18 bits per heavy atom. The third-order valence-electron chi connectivity index (χ3n) is 6.43. The van der Waals surface area contributed by atoms with E-state index in [4.69, 9.17) is 9.15 Å². The maximum atomic E-state index is 13.6. The number of rotatable bonds is 17. The van der Waals surface area contributed by atoms with E-state index in [1.54, 1.807) is 30.3 Å². The van der Waals surface area contributed by atoms with Gasteiger partial charge < -0.3 is 14.1 Å². The molecule has 1 heterocycles. The van der Waals surface area contributed by atoms with Gasteiger partial charge in [-0.2, -0.15) is 0 Å². The number of benzene rings is 2. The molecule has 0 saturated heterocycles. The van der Waals surface area contributed by atoms with E-state index in [0.29, 0.717) is 46.6 Å². The van der Waals surface area contributed by atoms with Gasteiger partial charge in [-0.25, -0.2) is 8.42 Å². The Kier molecular flexibility index (Phi) is 11.2. The fourth-order valence-electron chi connectivity index (χ4n) is 4.50. The molecule has 0 amide bonds. The number of ether oxygens (including phenoxy) is 1. The highest BCUT2D eigenvalue weighted by Crippen LogP contribution is 2.32. The van der Waals surface area contributed by atoms with Crippen molar-refractivity contribution in [1.29, 1.82) is 0 Å². The Morgan fingerprint density at radius 2 is 1.58 bits per heavy atom. The summed E-state index contributed by atoms with van der Waals surface area (Å²) in [5.74, 6) is 1.19. The van der Waals surface area contributed by atoms with Crippen LogP contribution in [0.25, 0.3) is 11.0 Å². The lowest BCUT2D eigenvalue weighted by Crippen LogP contribution is -2.28. The van der Waals surface area contributed by atoms with E-state index in [1.165, 1.54) is 25.7 Å². The van der Waals surface area contributed by atoms with E-state index in [9.17, 15) is 13.2 Å². The lowest BCUT2D eigenvalue weighted by Gasteiger charge is -2.21. The summed E-state index contributed by atoms with van der Waals surface area (Å²) in [6.45, 7) is 10.4. The Balaban J connectivity index is 1.70. The standard InChI is InChI=1S/C30H42N2O5S/c1-5-8-18-32(19-9-6-2)20-10-21-36-25-15-12-23(13-16-25)30(33)29-26-22-24(31-38(4,34)35)14-17-27(26)37-28(29)11-7-3/h12-17,22,31H,5-11,18-21H2,1-4H3. The largest absolute Gasteiger partial charge is 0.494 e. The molecule has 0 bridgehead atoms. The Hall–Kier alpha value is -2.84. The van der Waals surface area contributed by atoms with Gasteiger partial charge >= 0.3 is 0 Å². The summed E-state index contributed by atoms with van der Waals surface area (Å²) >= 11 is 0. The van der Waals surface area contributed by atoms with Gasteiger partial charge in [0.05, 0.1) is 18.4 Å². The number of unbranched alkanes of at least 4 members (excludes halogenated alkanes) is 2. The molecule has 0 aliphatic heterocycles. The van der Waals surface area contributed by atoms with Crippen LogP contribution in [0.4, 0.5) is 5.69 Å². The summed E-state index contributed by atoms with van der Waals surface area (Å²) < 4.78 is 37.9. The van der Waals surface area contributed by atoms with Gasteiger partial charge in [0, 0.05) is 29.6 Å². The molecule has 0 fully saturated rings. The van der Waals surface area contributed by atoms with E-state index in [0.717, 1.165) is 44.5 Å². The van der Waals surface area contributed by atoms with Crippen LogP contribution >= 0.6 is 0 Å². The molecule has 0 radical (unpaired) electrons. The topological polar surface area (TPSA) is 88.8 Å². The van der Waals surface area contributed by atoms with Gasteiger partial charge in [-0.15, -0.1) is 0 Å². The highest BCUT2D eigenvalue weighted by Gasteiger charge is 2.22. The molecule has 2 aromatic carbocycles. The average molecular weight is 543 g/mol. The van der Waals surface area contributed by atoms with Crippen molar-refractivity contribution in [2.45, 2.75) is 65.7 Å². The van der Waals surface area contributed by atoms with Crippen molar-refractivity contribution >= 4 is 32.5 Å². The Labute approximate surface area is 227 Å². The Morgan fingerprint density at radius 1 is 0.921 bits per heavy atom. The lowest BCUT2D eigenvalue weighted by atomic mass is 9.98. The zero-order valence-corrected chi connectivity index (χ0v) is 24.0. The summed E-state index contributed by atoms with van der Waals surface area (Å²) in [5, 5.41) is 0.600. The highest BCUT2D eigenvalue weighted by atomic mass is 32.2. The fourth-order valence-corrected chi connectivity index (χ4v) is 5.06. The molecule has 208 valence electrons. The quantitative estimate of drug-likeness (QED) is 0.152. The molecule has 0 aliphatic carbocycles. The van der Waals surface area contributed by atoms with Crippen LogP contribution in [0.5, 0.6) is 5.75 Å². The van der Waals surface area contributed by atoms with Crippen molar-refractivity contribution in [2.75, 3.05) is 37.2 Å². The number of anilines is 1. The molecule has 8 heteroatoms. The number of hydrogen-bond acceptors (Lipinski definition) is 6. The SMILES string of the molecule is CCCCN(CCCC)CCCOc1ccc(C(=O)c2c(CCC)oc3ccc(NS(C)(=O)=O)cc23)cc1. The third-order valence-corrected chi connectivity index (χ3v) is 7.03. The second-order valence-electron chi connectivity index (χ2n) is 9.84. The van der Waals surface area contributed by atoms with Gasteiger partial charge in [-0.1, -0.05) is 33.6 Å². The first-order valence-electron chi connectivity index (χ1n) is 13.8. The van der Waals surface area contributed by atoms with Crippen molar-refractivity contribution in [3.63, 3.8) is 0 Å². The fraction of sp³-hybridized carbons (Fsp3) is 0.500. The van der Waals surface area contributed by atoms with E-state index in [2.05, 4.69) is 23.5 Å². The molecule has 0 spiro atoms. The number of nitrogens with one attached hydrogen (secondary N) is 1. The van der Waals surface area contributed by atoms with Crippen molar-refractivity contribution in [2.24, 2.45) is 0 Å². The van der Waals surface area contributed by atoms with Gasteiger partial charge in [-0.05, 0) is 81.2 Å². The molecule has 1 N–H and O–H groups in total. The number of hydrogen-bond donors (Lipinski definition) is 1. The number of aryl methyl sites for hydroxylation is 1. The van der Waals surface area contributed by atoms with Crippen LogP contribution in [-0.2, 0) is 16.4 Å². The molecule has 7 nitrogen and oxygen atoms in total. The first-order chi connectivity index (χ1) is 18.3. The summed E-state index contributed by atoms with van der Waals surface area (Å²) in [7, 11) is -3.44. The van der Waals surface area contributed by atoms with Crippen LogP contribution in [0.2, 0.25) is 0 Å². The number of carbonyl (C=O) groups excluding carboxylic acids is 1. The van der Waals surface area contributed by atoms with Crippen LogP contribution in [0, 0.1) is 0 Å². The van der Waals surface area contributed by atoms with Gasteiger partial charge in [0.2, 0.25) is 10.0 Å². The molecule has 0 saturated carbocycles. The van der Waals surface area contributed by atoms with Gasteiger partial charge in [0.15, 0.2) is 5.78 Å². The second-order valence-corrected chi connectivity index (χ2v) is 11.6. The number of carbonyl (C=O) groups is 1. The lowest BCUT2D eigenvalue weighted by molar-refractivity contribution is 0.103. The second kappa shape index (κ2) is 14.4. The minimum Gasteiger partial charge on any atom is -0.494 e. The number of nitrogens with zero attached hydrogens (tertiary/aromatic N) is 1. The van der Waals surface area contributed by atoms with Crippen LogP contribution in [0.1, 0.15) is 81.0 Å². The first-order valence-corrected chi connectivity index (χ1v) is 15.7. The normalized spacial score (nSPS) is 11.8. The summed E-state index contributed by atoms with van der Waals surface area (Å²) in [6, 6.07) is 12.2. The van der Waals surface area contributed by atoms with Gasteiger partial charge in [-0.3, -0.25) is 9.52 Å². The highest BCUT2D eigenvalue weighted by molar-refractivity contribution is 7.92. The van der Waals surface area contributed by atoms with Gasteiger partial charge in [0.25, 0.3) is 0 Å². The predicted octanol–water partition coefficient (Wildman–Crippen LogP) is 6.66. The maximum Gasteiger partial charge on any atom is 0.229 e. The van der Waals surface area contributed by atoms with Crippen LogP contribution in [0.3, 0.4) is 0 Å². The molecule has 3 rings (SSSR count). The molecule has 3 aromatic rings. The van der Waals surface area contributed by atoms with E-state index in [-0.39, 0.29) is 5.78 Å². The van der Waals surface area contributed by atoms with Crippen LogP contribution in [-0.4, -0.2) is 51.6 Å². The zero-order valence-electron chi connectivity index (χ0n) is 23.2. The predicted molar refractivity (Wildman–Crippen MR) is 155 cm³/mol. The smallest absolute Gasteiger partial charge is 0.229 e. The van der Waals surface area contributed by atoms with Crippen molar-refractivity contribution < 1.29 is 22.4 Å². The molecule has 38 heavy (non-hydrogen) atoms. The molecule has 0 atom stereocenters. The van der Waals surface area contributed by atoms with E-state index < -0.39 is 10.0 Å². The minimum atomic E-state index is -3.44. The average Bonchev–Trinajstić information content (AvgIpc) is 3.24. The first kappa shape index (κ1) is 29.7. The third kappa shape index (κ3) is 8.60. The molecular formula is C30H42N2O5S. The monoisotopic (exact) mass is 542 g/mol. The summed E-state index contributed by atoms with van der Waals surface area (Å²) in [6.07, 6.45) is 8.34. The summed E-state index contributed by atoms with van der Waals surface area (Å²) in [5.41, 5.74) is 1.96. The number of furan rings is 1. The number of ketones is 1. The molecule has 0 aliphatic rings. The Bertz CT molecular complexity index is 1270. The maximum absolute atomic E-state index is 13.6.